The number of nitriles is 1. The lowest BCUT2D eigenvalue weighted by atomic mass is 9.98. The normalized spacial score (nSPS) is 14.8. The smallest absolute Gasteiger partial charge is 0.330 e. The minimum atomic E-state index is -0.322. The van der Waals surface area contributed by atoms with Crippen molar-refractivity contribution >= 4 is 33.5 Å². The van der Waals surface area contributed by atoms with Crippen LogP contribution in [0.15, 0.2) is 18.2 Å². The summed E-state index contributed by atoms with van der Waals surface area (Å²) < 4.78 is 6.13. The summed E-state index contributed by atoms with van der Waals surface area (Å²) in [6.45, 7) is 3.92. The number of carbonyl (C=O) groups is 1. The van der Waals surface area contributed by atoms with Crippen molar-refractivity contribution < 1.29 is 9.53 Å². The summed E-state index contributed by atoms with van der Waals surface area (Å²) in [5.74, 6) is -0.322. The minimum absolute atomic E-state index is 0.322. The first-order valence-corrected chi connectivity index (χ1v) is 8.46. The molecule has 0 radical (unpaired) electrons. The van der Waals surface area contributed by atoms with Crippen molar-refractivity contribution in [1.82, 2.24) is 4.90 Å². The molecular weight excluding hydrogens is 308 g/mol. The Kier molecular flexibility index (Phi) is 4.46. The van der Waals surface area contributed by atoms with E-state index in [0.717, 1.165) is 35.5 Å². The molecule has 23 heavy (non-hydrogen) atoms. The maximum atomic E-state index is 11.6. The van der Waals surface area contributed by atoms with Crippen LogP contribution in [0.3, 0.4) is 0 Å². The molecule has 2 heterocycles. The SMILES string of the molecule is CCOC(=O)/C=C/c1sc2ccc(C#N)c3c2c1CN(C)CC3. The van der Waals surface area contributed by atoms with Gasteiger partial charge in [-0.15, -0.1) is 11.3 Å². The van der Waals surface area contributed by atoms with Gasteiger partial charge in [-0.05, 0) is 49.7 Å². The number of likely N-dealkylation sites (N-methyl/N-ethyl adjacent to an activating group) is 1. The second kappa shape index (κ2) is 6.53. The summed E-state index contributed by atoms with van der Waals surface area (Å²) in [6, 6.07) is 6.23. The van der Waals surface area contributed by atoms with Crippen molar-refractivity contribution in [2.24, 2.45) is 0 Å². The van der Waals surface area contributed by atoms with Crippen LogP contribution in [0.25, 0.3) is 16.2 Å². The van der Waals surface area contributed by atoms with Gasteiger partial charge in [0.1, 0.15) is 0 Å². The molecule has 1 aliphatic heterocycles. The van der Waals surface area contributed by atoms with Crippen molar-refractivity contribution in [3.63, 3.8) is 0 Å². The molecule has 0 N–H and O–H groups in total. The van der Waals surface area contributed by atoms with Gasteiger partial charge in [-0.25, -0.2) is 4.79 Å². The second-order valence-electron chi connectivity index (χ2n) is 5.59. The number of carbonyl (C=O) groups excluding carboxylic acids is 1. The van der Waals surface area contributed by atoms with Crippen LogP contribution in [0.1, 0.15) is 28.5 Å². The van der Waals surface area contributed by atoms with Crippen molar-refractivity contribution in [3.05, 3.63) is 39.8 Å². The van der Waals surface area contributed by atoms with Gasteiger partial charge in [0.15, 0.2) is 0 Å². The molecule has 1 aromatic carbocycles. The summed E-state index contributed by atoms with van der Waals surface area (Å²) in [5.41, 5.74) is 3.10. The fourth-order valence-electron chi connectivity index (χ4n) is 2.99. The molecular formula is C18H18N2O2S. The van der Waals surface area contributed by atoms with E-state index in [1.165, 1.54) is 21.7 Å². The first-order valence-electron chi connectivity index (χ1n) is 7.64. The quantitative estimate of drug-likeness (QED) is 0.641. The van der Waals surface area contributed by atoms with E-state index in [4.69, 9.17) is 4.74 Å². The highest BCUT2D eigenvalue weighted by molar-refractivity contribution is 7.20. The largest absolute Gasteiger partial charge is 0.463 e. The third kappa shape index (κ3) is 3.00. The molecule has 3 rings (SSSR count). The molecule has 0 fully saturated rings. The Hall–Kier alpha value is -2.16. The summed E-state index contributed by atoms with van der Waals surface area (Å²) in [6.07, 6.45) is 4.20. The molecule has 0 bridgehead atoms. The lowest BCUT2D eigenvalue weighted by Crippen LogP contribution is -2.18. The van der Waals surface area contributed by atoms with Crippen LogP contribution in [0.4, 0.5) is 0 Å². The molecule has 0 spiro atoms. The average molecular weight is 326 g/mol. The van der Waals surface area contributed by atoms with E-state index >= 15 is 0 Å². The molecule has 2 aromatic rings. The minimum Gasteiger partial charge on any atom is -0.463 e. The fourth-order valence-corrected chi connectivity index (χ4v) is 4.13. The van der Waals surface area contributed by atoms with Gasteiger partial charge in [0, 0.05) is 34.1 Å². The van der Waals surface area contributed by atoms with Crippen LogP contribution in [0, 0.1) is 11.3 Å². The number of ether oxygens (including phenoxy) is 1. The maximum absolute atomic E-state index is 11.6. The monoisotopic (exact) mass is 326 g/mol. The third-order valence-electron chi connectivity index (χ3n) is 4.04. The lowest BCUT2D eigenvalue weighted by molar-refractivity contribution is -0.137. The van der Waals surface area contributed by atoms with Gasteiger partial charge < -0.3 is 9.64 Å². The van der Waals surface area contributed by atoms with Gasteiger partial charge in [-0.2, -0.15) is 5.26 Å². The fraction of sp³-hybridized carbons (Fsp3) is 0.333. The van der Waals surface area contributed by atoms with E-state index in [9.17, 15) is 10.1 Å². The lowest BCUT2D eigenvalue weighted by Gasteiger charge is -2.13. The number of benzene rings is 1. The molecule has 0 saturated carbocycles. The van der Waals surface area contributed by atoms with E-state index in [1.807, 2.05) is 18.2 Å². The number of hydrogen-bond acceptors (Lipinski definition) is 5. The predicted molar refractivity (Wildman–Crippen MR) is 92.2 cm³/mol. The molecule has 5 heteroatoms. The second-order valence-corrected chi connectivity index (χ2v) is 6.68. The Balaban J connectivity index is 2.13. The van der Waals surface area contributed by atoms with Crippen molar-refractivity contribution in [1.29, 1.82) is 5.26 Å². The molecule has 4 nitrogen and oxygen atoms in total. The van der Waals surface area contributed by atoms with E-state index in [0.29, 0.717) is 6.61 Å². The molecule has 0 unspecified atom stereocenters. The van der Waals surface area contributed by atoms with Gasteiger partial charge in [-0.1, -0.05) is 0 Å². The molecule has 1 aliphatic rings. The van der Waals surface area contributed by atoms with Crippen LogP contribution in [0.2, 0.25) is 0 Å². The average Bonchev–Trinajstić information content (AvgIpc) is 2.78. The van der Waals surface area contributed by atoms with Crippen LogP contribution < -0.4 is 0 Å². The number of hydrogen-bond donors (Lipinski definition) is 0. The summed E-state index contributed by atoms with van der Waals surface area (Å²) >= 11 is 1.66. The van der Waals surface area contributed by atoms with Crippen molar-refractivity contribution in [2.45, 2.75) is 19.9 Å². The Labute approximate surface area is 139 Å². The Morgan fingerprint density at radius 1 is 1.48 bits per heavy atom. The van der Waals surface area contributed by atoms with Crippen molar-refractivity contribution in [3.8, 4) is 6.07 Å². The van der Waals surface area contributed by atoms with Crippen LogP contribution in [-0.4, -0.2) is 31.1 Å². The van der Waals surface area contributed by atoms with E-state index < -0.39 is 0 Å². The van der Waals surface area contributed by atoms with Gasteiger partial charge >= 0.3 is 5.97 Å². The van der Waals surface area contributed by atoms with Gasteiger partial charge in [0.25, 0.3) is 0 Å². The highest BCUT2D eigenvalue weighted by atomic mass is 32.1. The molecule has 0 atom stereocenters. The summed E-state index contributed by atoms with van der Waals surface area (Å²) in [5, 5.41) is 10.6. The Morgan fingerprint density at radius 2 is 2.30 bits per heavy atom. The van der Waals surface area contributed by atoms with Crippen LogP contribution in [0.5, 0.6) is 0 Å². The Morgan fingerprint density at radius 3 is 3.04 bits per heavy atom. The van der Waals surface area contributed by atoms with Crippen LogP contribution >= 0.6 is 11.3 Å². The van der Waals surface area contributed by atoms with Gasteiger partial charge in [0.2, 0.25) is 0 Å². The molecule has 0 amide bonds. The molecule has 1 aromatic heterocycles. The zero-order valence-electron chi connectivity index (χ0n) is 13.3. The third-order valence-corrected chi connectivity index (χ3v) is 5.21. The highest BCUT2D eigenvalue weighted by Gasteiger charge is 2.21. The molecule has 0 saturated heterocycles. The van der Waals surface area contributed by atoms with Crippen LogP contribution in [-0.2, 0) is 22.5 Å². The molecule has 118 valence electrons. The van der Waals surface area contributed by atoms with E-state index in [-0.39, 0.29) is 5.97 Å². The first-order chi connectivity index (χ1) is 11.1. The van der Waals surface area contributed by atoms with E-state index in [2.05, 4.69) is 18.0 Å². The summed E-state index contributed by atoms with van der Waals surface area (Å²) in [7, 11) is 2.08. The highest BCUT2D eigenvalue weighted by Crippen LogP contribution is 2.38. The predicted octanol–water partition coefficient (Wildman–Crippen LogP) is 3.34. The number of thiophene rings is 1. The standard InChI is InChI=1S/C18H18N2O2S/c1-3-22-17(21)7-6-15-14-11-20(2)9-8-13-12(10-19)4-5-16(23-15)18(13)14/h4-7H,3,8-9,11H2,1-2H3/b7-6+. The van der Waals surface area contributed by atoms with Gasteiger partial charge in [0.05, 0.1) is 18.2 Å². The zero-order chi connectivity index (χ0) is 16.4. The number of esters is 1. The maximum Gasteiger partial charge on any atom is 0.330 e. The first kappa shape index (κ1) is 15.7. The van der Waals surface area contributed by atoms with Gasteiger partial charge in [-0.3, -0.25) is 0 Å². The zero-order valence-corrected chi connectivity index (χ0v) is 14.1. The van der Waals surface area contributed by atoms with E-state index in [1.54, 1.807) is 18.3 Å². The number of rotatable bonds is 3. The molecule has 0 aliphatic carbocycles. The summed E-state index contributed by atoms with van der Waals surface area (Å²) in [4.78, 5) is 14.9. The topological polar surface area (TPSA) is 53.3 Å². The Bertz CT molecular complexity index is 830. The number of nitrogens with zero attached hydrogens (tertiary/aromatic N) is 2. The van der Waals surface area contributed by atoms with Crippen molar-refractivity contribution in [2.75, 3.05) is 20.2 Å².